The number of hydrogen-bond donors (Lipinski definition) is 3. The number of aliphatic carboxylic acids is 2. The van der Waals surface area contributed by atoms with E-state index in [1.54, 1.807) is 0 Å². The van der Waals surface area contributed by atoms with Gasteiger partial charge in [0.1, 0.15) is 6.04 Å². The number of amides is 1. The van der Waals surface area contributed by atoms with Crippen molar-refractivity contribution >= 4 is 17.8 Å². The van der Waals surface area contributed by atoms with Crippen LogP contribution in [0.2, 0.25) is 0 Å². The zero-order valence-electron chi connectivity index (χ0n) is 14.4. The highest BCUT2D eigenvalue weighted by molar-refractivity contribution is 5.88. The third-order valence-corrected chi connectivity index (χ3v) is 4.99. The first-order valence-electron chi connectivity index (χ1n) is 7.73. The minimum absolute atomic E-state index is 0.0249. The van der Waals surface area contributed by atoms with Crippen LogP contribution >= 0.6 is 0 Å². The molecular weight excluding hydrogens is 345 g/mol. The molecule has 1 saturated heterocycles. The Labute approximate surface area is 143 Å². The maximum absolute atomic E-state index is 12.2. The highest BCUT2D eigenvalue weighted by Crippen LogP contribution is 2.64. The van der Waals surface area contributed by atoms with Gasteiger partial charge in [-0.3, -0.25) is 4.79 Å². The molecule has 1 heterocycles. The van der Waals surface area contributed by atoms with Gasteiger partial charge in [-0.05, 0) is 17.3 Å². The van der Waals surface area contributed by atoms with Gasteiger partial charge in [0, 0.05) is 12.5 Å². The molecule has 0 bridgehead atoms. The maximum atomic E-state index is 12.2. The van der Waals surface area contributed by atoms with E-state index >= 15 is 0 Å². The summed E-state index contributed by atoms with van der Waals surface area (Å²) in [5, 5.41) is 16.5. The van der Waals surface area contributed by atoms with Crippen LogP contribution in [0.3, 0.4) is 0 Å². The normalized spacial score (nSPS) is 27.9. The second-order valence-electron chi connectivity index (χ2n) is 7.30. The summed E-state index contributed by atoms with van der Waals surface area (Å²) < 4.78 is 31.7. The number of halogens is 3. The van der Waals surface area contributed by atoms with Crippen LogP contribution in [0.25, 0.3) is 0 Å². The van der Waals surface area contributed by atoms with E-state index in [0.717, 1.165) is 0 Å². The lowest BCUT2D eigenvalue weighted by Crippen LogP contribution is -2.52. The zero-order chi connectivity index (χ0) is 19.9. The molecule has 2 fully saturated rings. The summed E-state index contributed by atoms with van der Waals surface area (Å²) in [5.74, 6) is -3.47. The van der Waals surface area contributed by atoms with E-state index in [9.17, 15) is 27.9 Å². The fourth-order valence-corrected chi connectivity index (χ4v) is 3.27. The molecule has 2 aliphatic rings. The Morgan fingerprint density at radius 3 is 1.96 bits per heavy atom. The van der Waals surface area contributed by atoms with Crippen molar-refractivity contribution in [2.75, 3.05) is 6.54 Å². The number of hydrogen-bond acceptors (Lipinski definition) is 4. The number of nitrogens with zero attached hydrogens (tertiary/aromatic N) is 1. The molecule has 0 radical (unpaired) electrons. The molecule has 1 aliphatic heterocycles. The molecule has 2 rings (SSSR count). The molecule has 4 N–H and O–H groups in total. The number of rotatable bonds is 3. The van der Waals surface area contributed by atoms with Crippen molar-refractivity contribution in [3.8, 4) is 0 Å². The molecule has 7 nitrogen and oxygen atoms in total. The van der Waals surface area contributed by atoms with Crippen molar-refractivity contribution in [2.24, 2.45) is 28.9 Å². The number of piperidine rings is 1. The minimum atomic E-state index is -5.08. The first kappa shape index (κ1) is 21.2. The molecule has 144 valence electrons. The van der Waals surface area contributed by atoms with Gasteiger partial charge in [-0.15, -0.1) is 0 Å². The molecule has 1 saturated carbocycles. The lowest BCUT2D eigenvalue weighted by atomic mass is 9.98. The van der Waals surface area contributed by atoms with Crippen molar-refractivity contribution in [3.05, 3.63) is 0 Å². The van der Waals surface area contributed by atoms with Crippen LogP contribution in [0, 0.1) is 23.2 Å². The molecule has 0 aromatic heterocycles. The van der Waals surface area contributed by atoms with Crippen molar-refractivity contribution in [1.82, 2.24) is 4.90 Å². The summed E-state index contributed by atoms with van der Waals surface area (Å²) in [6, 6.07) is -1.30. The lowest BCUT2D eigenvalue weighted by molar-refractivity contribution is -0.192. The van der Waals surface area contributed by atoms with Gasteiger partial charge in [-0.1, -0.05) is 27.7 Å². The highest BCUT2D eigenvalue weighted by Gasteiger charge is 2.69. The third kappa shape index (κ3) is 4.23. The summed E-state index contributed by atoms with van der Waals surface area (Å²) in [7, 11) is 0. The van der Waals surface area contributed by atoms with E-state index in [2.05, 4.69) is 13.8 Å². The number of carboxylic acids is 2. The summed E-state index contributed by atoms with van der Waals surface area (Å²) in [4.78, 5) is 34.0. The van der Waals surface area contributed by atoms with Gasteiger partial charge in [0.2, 0.25) is 5.91 Å². The van der Waals surface area contributed by atoms with Gasteiger partial charge in [0.25, 0.3) is 0 Å². The van der Waals surface area contributed by atoms with Crippen molar-refractivity contribution < 1.29 is 37.8 Å². The molecular formula is C15H23F3N2O5. The molecule has 1 amide bonds. The average Bonchev–Trinajstić information content (AvgIpc) is 2.85. The number of fused-ring (bicyclic) bond motifs is 1. The third-order valence-electron chi connectivity index (χ3n) is 4.99. The molecule has 4 atom stereocenters. The lowest BCUT2D eigenvalue weighted by Gasteiger charge is -2.31. The Bertz CT molecular complexity index is 562. The maximum Gasteiger partial charge on any atom is 0.490 e. The van der Waals surface area contributed by atoms with Crippen LogP contribution in [0.4, 0.5) is 13.2 Å². The fourth-order valence-electron chi connectivity index (χ4n) is 3.27. The van der Waals surface area contributed by atoms with Gasteiger partial charge >= 0.3 is 18.1 Å². The number of carbonyl (C=O) groups is 3. The van der Waals surface area contributed by atoms with Gasteiger partial charge in [-0.2, -0.15) is 13.2 Å². The van der Waals surface area contributed by atoms with Crippen molar-refractivity contribution in [2.45, 2.75) is 46.0 Å². The van der Waals surface area contributed by atoms with E-state index in [1.807, 2.05) is 13.8 Å². The second kappa shape index (κ2) is 6.81. The second-order valence-corrected chi connectivity index (χ2v) is 7.30. The summed E-state index contributed by atoms with van der Waals surface area (Å²) in [6.07, 6.45) is -5.08. The molecule has 1 aliphatic carbocycles. The fraction of sp³-hybridized carbons (Fsp3) is 0.800. The standard InChI is InChI=1S/C13H22N2O3.C2HF3O2/c1-6(2)9(14)11(16)15-5-7-8(13(7,3)4)10(15)12(17)18;3-2(4,5)1(6)7/h6-10H,5,14H2,1-4H3,(H,17,18);(H,6,7)/t7-,8-,9?,10-;/m0./s1. The van der Waals surface area contributed by atoms with Crippen LogP contribution < -0.4 is 5.73 Å². The van der Waals surface area contributed by atoms with Gasteiger partial charge in [0.05, 0.1) is 6.04 Å². The number of carboxylic acid groups (broad SMARTS) is 2. The summed E-state index contributed by atoms with van der Waals surface area (Å²) in [5.41, 5.74) is 5.89. The van der Waals surface area contributed by atoms with E-state index in [1.165, 1.54) is 4.90 Å². The zero-order valence-corrected chi connectivity index (χ0v) is 14.4. The average molecular weight is 368 g/mol. The van der Waals surface area contributed by atoms with Crippen LogP contribution in [0.1, 0.15) is 27.7 Å². The Morgan fingerprint density at radius 1 is 1.20 bits per heavy atom. The highest BCUT2D eigenvalue weighted by atomic mass is 19.4. The van der Waals surface area contributed by atoms with E-state index in [4.69, 9.17) is 15.6 Å². The molecule has 25 heavy (non-hydrogen) atoms. The van der Waals surface area contributed by atoms with Crippen LogP contribution in [0.5, 0.6) is 0 Å². The number of nitrogens with two attached hydrogens (primary N) is 1. The first-order chi connectivity index (χ1) is 11.1. The van der Waals surface area contributed by atoms with Gasteiger partial charge in [-0.25, -0.2) is 9.59 Å². The van der Waals surface area contributed by atoms with Gasteiger partial charge < -0.3 is 20.8 Å². The number of alkyl halides is 3. The van der Waals surface area contributed by atoms with Crippen molar-refractivity contribution in [1.29, 1.82) is 0 Å². The van der Waals surface area contributed by atoms with E-state index in [-0.39, 0.29) is 23.2 Å². The largest absolute Gasteiger partial charge is 0.490 e. The predicted molar refractivity (Wildman–Crippen MR) is 80.4 cm³/mol. The van der Waals surface area contributed by atoms with Gasteiger partial charge in [0.15, 0.2) is 0 Å². The quantitative estimate of drug-likeness (QED) is 0.688. The van der Waals surface area contributed by atoms with Crippen LogP contribution in [0.15, 0.2) is 0 Å². The molecule has 1 unspecified atom stereocenters. The Hall–Kier alpha value is -1.84. The Kier molecular flexibility index (Phi) is 5.78. The molecule has 0 aromatic carbocycles. The van der Waals surface area contributed by atoms with E-state index in [0.29, 0.717) is 12.5 Å². The summed E-state index contributed by atoms with van der Waals surface area (Å²) >= 11 is 0. The Balaban J connectivity index is 0.000000381. The topological polar surface area (TPSA) is 121 Å². The van der Waals surface area contributed by atoms with Crippen molar-refractivity contribution in [3.63, 3.8) is 0 Å². The SMILES string of the molecule is CC(C)C(N)C(=O)N1C[C@H]2[C@@H]([C@H]1C(=O)O)C2(C)C.O=C(O)C(F)(F)F. The first-order valence-corrected chi connectivity index (χ1v) is 7.73. The monoisotopic (exact) mass is 368 g/mol. The smallest absolute Gasteiger partial charge is 0.480 e. The molecule has 10 heteroatoms. The van der Waals surface area contributed by atoms with Crippen LogP contribution in [-0.2, 0) is 14.4 Å². The minimum Gasteiger partial charge on any atom is -0.480 e. The number of likely N-dealkylation sites (tertiary alicyclic amines) is 1. The van der Waals surface area contributed by atoms with E-state index < -0.39 is 30.2 Å². The Morgan fingerprint density at radius 2 is 1.64 bits per heavy atom. The predicted octanol–water partition coefficient (Wildman–Crippen LogP) is 1.17. The number of carbonyl (C=O) groups excluding carboxylic acids is 1. The summed E-state index contributed by atoms with van der Waals surface area (Å²) in [6.45, 7) is 8.43. The molecule has 0 spiro atoms. The van der Waals surface area contributed by atoms with Crippen LogP contribution in [-0.4, -0.2) is 57.8 Å². The molecule has 0 aromatic rings.